The van der Waals surface area contributed by atoms with Gasteiger partial charge in [-0.15, -0.1) is 0 Å². The lowest BCUT2D eigenvalue weighted by Gasteiger charge is -2.26. The van der Waals surface area contributed by atoms with E-state index in [1.165, 1.54) is 55.9 Å². The fourth-order valence-electron chi connectivity index (χ4n) is 5.59. The van der Waals surface area contributed by atoms with Gasteiger partial charge in [-0.2, -0.15) is 0 Å². The van der Waals surface area contributed by atoms with Crippen LogP contribution in [-0.4, -0.2) is 0 Å². The molecule has 0 unspecified atom stereocenters. The van der Waals surface area contributed by atoms with Gasteiger partial charge in [-0.25, -0.2) is 0 Å². The van der Waals surface area contributed by atoms with Crippen LogP contribution < -0.4 is 4.90 Å². The van der Waals surface area contributed by atoms with Gasteiger partial charge in [-0.3, -0.25) is 0 Å². The highest BCUT2D eigenvalue weighted by Gasteiger charge is 2.19. The number of anilines is 3. The second kappa shape index (κ2) is 9.99. The van der Waals surface area contributed by atoms with Gasteiger partial charge in [0.25, 0.3) is 0 Å². The van der Waals surface area contributed by atoms with E-state index in [0.717, 1.165) is 12.1 Å². The summed E-state index contributed by atoms with van der Waals surface area (Å²) in [6.45, 7) is 8.98. The van der Waals surface area contributed by atoms with Crippen molar-refractivity contribution in [2.45, 2.75) is 46.0 Å². The van der Waals surface area contributed by atoms with E-state index in [2.05, 4.69) is 148 Å². The Morgan fingerprint density at radius 1 is 0.474 bits per heavy atom. The van der Waals surface area contributed by atoms with Gasteiger partial charge >= 0.3 is 0 Å². The SMILES string of the molecule is CC(C)c1ccc(N(c2ccc(-c3ccc4c(c3)Cc3ccccc3-4)cc2)c2ccc(C(C)C)cc2)cc1. The number of rotatable bonds is 6. The maximum Gasteiger partial charge on any atom is 0.0462 e. The quantitative estimate of drug-likeness (QED) is 0.223. The summed E-state index contributed by atoms with van der Waals surface area (Å²) in [6, 6.07) is 42.8. The van der Waals surface area contributed by atoms with Crippen molar-refractivity contribution in [1.82, 2.24) is 0 Å². The van der Waals surface area contributed by atoms with E-state index in [-0.39, 0.29) is 0 Å². The van der Waals surface area contributed by atoms with Crippen molar-refractivity contribution in [2.24, 2.45) is 0 Å². The Kier molecular flexibility index (Phi) is 6.37. The van der Waals surface area contributed by atoms with Crippen LogP contribution >= 0.6 is 0 Å². The molecular weight excluding hydrogens is 458 g/mol. The lowest BCUT2D eigenvalue weighted by Crippen LogP contribution is -2.10. The molecule has 0 heterocycles. The van der Waals surface area contributed by atoms with Crippen LogP contribution in [0.2, 0.25) is 0 Å². The molecule has 0 atom stereocenters. The van der Waals surface area contributed by atoms with Crippen molar-refractivity contribution in [3.63, 3.8) is 0 Å². The molecule has 1 heteroatoms. The molecule has 0 saturated carbocycles. The monoisotopic (exact) mass is 493 g/mol. The molecule has 0 N–H and O–H groups in total. The first-order valence-electron chi connectivity index (χ1n) is 13.8. The second-order valence-corrected chi connectivity index (χ2v) is 11.1. The van der Waals surface area contributed by atoms with Crippen LogP contribution in [0.3, 0.4) is 0 Å². The highest BCUT2D eigenvalue weighted by molar-refractivity contribution is 5.82. The lowest BCUT2D eigenvalue weighted by atomic mass is 9.98. The van der Waals surface area contributed by atoms with E-state index in [1.54, 1.807) is 0 Å². The molecule has 188 valence electrons. The van der Waals surface area contributed by atoms with E-state index in [1.807, 2.05) is 0 Å². The van der Waals surface area contributed by atoms with Gasteiger partial charge in [-0.1, -0.05) is 107 Å². The molecular formula is C37H35N. The van der Waals surface area contributed by atoms with Crippen LogP contribution in [-0.2, 0) is 6.42 Å². The molecule has 5 aromatic rings. The van der Waals surface area contributed by atoms with Crippen molar-refractivity contribution in [1.29, 1.82) is 0 Å². The fourth-order valence-corrected chi connectivity index (χ4v) is 5.59. The van der Waals surface area contributed by atoms with Crippen LogP contribution in [0.1, 0.15) is 61.8 Å². The molecule has 0 saturated heterocycles. The third kappa shape index (κ3) is 4.54. The molecule has 1 aliphatic carbocycles. The average Bonchev–Trinajstić information content (AvgIpc) is 3.32. The highest BCUT2D eigenvalue weighted by atomic mass is 15.1. The Hall–Kier alpha value is -4.10. The molecule has 5 aromatic carbocycles. The summed E-state index contributed by atoms with van der Waals surface area (Å²) in [5.74, 6) is 1.03. The average molecular weight is 494 g/mol. The Morgan fingerprint density at radius 3 is 1.50 bits per heavy atom. The summed E-state index contributed by atoms with van der Waals surface area (Å²) in [5.41, 5.74) is 14.4. The topological polar surface area (TPSA) is 3.24 Å². The molecule has 0 radical (unpaired) electrons. The molecule has 0 spiro atoms. The summed E-state index contributed by atoms with van der Waals surface area (Å²) in [4.78, 5) is 2.36. The molecule has 0 amide bonds. The smallest absolute Gasteiger partial charge is 0.0462 e. The number of fused-ring (bicyclic) bond motifs is 3. The second-order valence-electron chi connectivity index (χ2n) is 11.1. The van der Waals surface area contributed by atoms with E-state index in [9.17, 15) is 0 Å². The summed E-state index contributed by atoms with van der Waals surface area (Å²) < 4.78 is 0. The van der Waals surface area contributed by atoms with Crippen molar-refractivity contribution < 1.29 is 0 Å². The van der Waals surface area contributed by atoms with Crippen LogP contribution in [0.25, 0.3) is 22.3 Å². The molecule has 1 nitrogen and oxygen atoms in total. The minimum atomic E-state index is 0.516. The normalized spacial score (nSPS) is 12.1. The zero-order valence-electron chi connectivity index (χ0n) is 22.8. The fraction of sp³-hybridized carbons (Fsp3) is 0.189. The summed E-state index contributed by atoms with van der Waals surface area (Å²) in [7, 11) is 0. The first kappa shape index (κ1) is 24.2. The first-order valence-corrected chi connectivity index (χ1v) is 13.8. The number of benzene rings is 5. The molecule has 0 fully saturated rings. The van der Waals surface area contributed by atoms with Gasteiger partial charge in [0.15, 0.2) is 0 Å². The zero-order chi connectivity index (χ0) is 26.2. The largest absolute Gasteiger partial charge is 0.311 e. The van der Waals surface area contributed by atoms with Gasteiger partial charge in [0, 0.05) is 17.1 Å². The third-order valence-corrected chi connectivity index (χ3v) is 7.89. The van der Waals surface area contributed by atoms with Crippen LogP contribution in [0.15, 0.2) is 115 Å². The van der Waals surface area contributed by atoms with Gasteiger partial charge in [0.05, 0.1) is 0 Å². The molecule has 6 rings (SSSR count). The molecule has 0 aromatic heterocycles. The summed E-state index contributed by atoms with van der Waals surface area (Å²) in [6.07, 6.45) is 1.02. The Morgan fingerprint density at radius 2 is 0.947 bits per heavy atom. The summed E-state index contributed by atoms with van der Waals surface area (Å²) in [5, 5.41) is 0. The predicted molar refractivity (Wildman–Crippen MR) is 163 cm³/mol. The zero-order valence-corrected chi connectivity index (χ0v) is 22.8. The maximum absolute atomic E-state index is 2.37. The molecule has 0 aliphatic heterocycles. The molecule has 38 heavy (non-hydrogen) atoms. The van der Waals surface area contributed by atoms with Crippen LogP contribution in [0.4, 0.5) is 17.1 Å². The lowest BCUT2D eigenvalue weighted by molar-refractivity contribution is 0.866. The minimum absolute atomic E-state index is 0.516. The predicted octanol–water partition coefficient (Wildman–Crippen LogP) is 10.6. The van der Waals surface area contributed by atoms with E-state index < -0.39 is 0 Å². The van der Waals surface area contributed by atoms with Crippen molar-refractivity contribution >= 4 is 17.1 Å². The Balaban J connectivity index is 1.34. The van der Waals surface area contributed by atoms with E-state index >= 15 is 0 Å². The third-order valence-electron chi connectivity index (χ3n) is 7.89. The van der Waals surface area contributed by atoms with Gasteiger partial charge in [0.2, 0.25) is 0 Å². The minimum Gasteiger partial charge on any atom is -0.311 e. The standard InChI is InChI=1S/C37H35N/c1-25(2)27-9-16-33(17-10-27)38(34-18-11-28(12-19-34)26(3)4)35-20-13-29(14-21-35)30-15-22-37-32(23-30)24-31-7-5-6-8-36(31)37/h5-23,25-26H,24H2,1-4H3. The van der Waals surface area contributed by atoms with E-state index in [4.69, 9.17) is 0 Å². The number of nitrogens with zero attached hydrogens (tertiary/aromatic N) is 1. The van der Waals surface area contributed by atoms with Crippen molar-refractivity contribution in [2.75, 3.05) is 4.90 Å². The Bertz CT molecular complexity index is 1500. The molecule has 1 aliphatic rings. The first-order chi connectivity index (χ1) is 18.5. The number of hydrogen-bond acceptors (Lipinski definition) is 1. The van der Waals surface area contributed by atoms with Gasteiger partial charge in [0.1, 0.15) is 0 Å². The van der Waals surface area contributed by atoms with Crippen molar-refractivity contribution in [3.8, 4) is 22.3 Å². The van der Waals surface area contributed by atoms with Crippen molar-refractivity contribution in [3.05, 3.63) is 138 Å². The van der Waals surface area contributed by atoms with E-state index in [0.29, 0.717) is 11.8 Å². The number of hydrogen-bond donors (Lipinski definition) is 0. The highest BCUT2D eigenvalue weighted by Crippen LogP contribution is 2.40. The maximum atomic E-state index is 2.37. The van der Waals surface area contributed by atoms with Crippen LogP contribution in [0.5, 0.6) is 0 Å². The van der Waals surface area contributed by atoms with Gasteiger partial charge in [-0.05, 0) is 99.2 Å². The summed E-state index contributed by atoms with van der Waals surface area (Å²) >= 11 is 0. The Labute approximate surface area is 227 Å². The van der Waals surface area contributed by atoms with Crippen LogP contribution in [0, 0.1) is 0 Å². The molecule has 0 bridgehead atoms. The van der Waals surface area contributed by atoms with Gasteiger partial charge < -0.3 is 4.90 Å².